The quantitative estimate of drug-likeness (QED) is 0.814. The summed E-state index contributed by atoms with van der Waals surface area (Å²) in [6.45, 7) is 7.57. The van der Waals surface area contributed by atoms with E-state index in [-0.39, 0.29) is 17.3 Å². The zero-order chi connectivity index (χ0) is 13.9. The van der Waals surface area contributed by atoms with Gasteiger partial charge in [0, 0.05) is 13.1 Å². The number of piperidine rings is 1. The molecular formula is C13H26N2O3S. The minimum absolute atomic E-state index is 0.0875. The van der Waals surface area contributed by atoms with Crippen LogP contribution in [0.4, 0.5) is 0 Å². The minimum atomic E-state index is -3.14. The van der Waals surface area contributed by atoms with Gasteiger partial charge in [0.2, 0.25) is 10.0 Å². The molecule has 2 aliphatic rings. The second-order valence-corrected chi connectivity index (χ2v) is 8.16. The Kier molecular flexibility index (Phi) is 4.87. The van der Waals surface area contributed by atoms with Gasteiger partial charge in [0.25, 0.3) is 0 Å². The van der Waals surface area contributed by atoms with Crippen LogP contribution in [-0.2, 0) is 14.8 Å². The molecule has 0 radical (unpaired) electrons. The van der Waals surface area contributed by atoms with E-state index in [4.69, 9.17) is 4.74 Å². The first-order valence-electron chi connectivity index (χ1n) is 7.24. The van der Waals surface area contributed by atoms with Gasteiger partial charge in [-0.05, 0) is 51.6 Å². The molecule has 0 bridgehead atoms. The normalized spacial score (nSPS) is 24.4. The molecular weight excluding hydrogens is 264 g/mol. The Morgan fingerprint density at radius 2 is 1.95 bits per heavy atom. The third-order valence-corrected chi connectivity index (χ3v) is 6.03. The minimum Gasteiger partial charge on any atom is -0.378 e. The molecule has 2 rings (SSSR count). The summed E-state index contributed by atoms with van der Waals surface area (Å²) in [5.41, 5.74) is 0.233. The molecule has 2 aliphatic heterocycles. The maximum atomic E-state index is 12.3. The average molecular weight is 290 g/mol. The first-order valence-corrected chi connectivity index (χ1v) is 8.85. The SMILES string of the molecule is CC(C)OCCS(=O)(=O)N1CCC2(CCNCC2)C1. The molecule has 112 valence electrons. The van der Waals surface area contributed by atoms with Crippen LogP contribution in [0.3, 0.4) is 0 Å². The van der Waals surface area contributed by atoms with Gasteiger partial charge in [-0.15, -0.1) is 0 Å². The van der Waals surface area contributed by atoms with E-state index in [1.807, 2.05) is 13.8 Å². The fourth-order valence-electron chi connectivity index (χ4n) is 3.01. The van der Waals surface area contributed by atoms with Crippen molar-refractivity contribution < 1.29 is 13.2 Å². The molecule has 0 aliphatic carbocycles. The highest BCUT2D eigenvalue weighted by Gasteiger charge is 2.42. The predicted molar refractivity (Wildman–Crippen MR) is 75.6 cm³/mol. The van der Waals surface area contributed by atoms with E-state index in [2.05, 4.69) is 5.32 Å². The van der Waals surface area contributed by atoms with Gasteiger partial charge in [-0.3, -0.25) is 0 Å². The average Bonchev–Trinajstić information content (AvgIpc) is 2.74. The number of hydrogen-bond acceptors (Lipinski definition) is 4. The van der Waals surface area contributed by atoms with Crippen LogP contribution in [-0.4, -0.2) is 57.4 Å². The van der Waals surface area contributed by atoms with Crippen molar-refractivity contribution in [2.75, 3.05) is 38.5 Å². The number of nitrogens with zero attached hydrogens (tertiary/aromatic N) is 1. The van der Waals surface area contributed by atoms with Crippen molar-refractivity contribution in [3.05, 3.63) is 0 Å². The molecule has 19 heavy (non-hydrogen) atoms. The van der Waals surface area contributed by atoms with Crippen molar-refractivity contribution >= 4 is 10.0 Å². The Morgan fingerprint density at radius 3 is 2.58 bits per heavy atom. The van der Waals surface area contributed by atoms with Crippen LogP contribution in [0.2, 0.25) is 0 Å². The molecule has 0 unspecified atom stereocenters. The number of hydrogen-bond donors (Lipinski definition) is 1. The second-order valence-electron chi connectivity index (χ2n) is 6.07. The van der Waals surface area contributed by atoms with Gasteiger partial charge in [-0.25, -0.2) is 12.7 Å². The topological polar surface area (TPSA) is 58.6 Å². The van der Waals surface area contributed by atoms with Gasteiger partial charge in [0.1, 0.15) is 0 Å². The molecule has 0 aromatic rings. The van der Waals surface area contributed by atoms with Crippen molar-refractivity contribution in [1.29, 1.82) is 0 Å². The van der Waals surface area contributed by atoms with E-state index < -0.39 is 10.0 Å². The Morgan fingerprint density at radius 1 is 1.26 bits per heavy atom. The molecule has 2 fully saturated rings. The van der Waals surface area contributed by atoms with E-state index in [9.17, 15) is 8.42 Å². The van der Waals surface area contributed by atoms with Crippen LogP contribution >= 0.6 is 0 Å². The van der Waals surface area contributed by atoms with E-state index in [1.54, 1.807) is 4.31 Å². The Labute approximate surface area is 116 Å². The molecule has 1 spiro atoms. The van der Waals surface area contributed by atoms with Gasteiger partial charge in [-0.2, -0.15) is 0 Å². The zero-order valence-electron chi connectivity index (χ0n) is 12.0. The highest BCUT2D eigenvalue weighted by Crippen LogP contribution is 2.39. The molecule has 5 nitrogen and oxygen atoms in total. The molecule has 0 saturated carbocycles. The van der Waals surface area contributed by atoms with E-state index in [0.29, 0.717) is 19.7 Å². The van der Waals surface area contributed by atoms with Crippen molar-refractivity contribution in [1.82, 2.24) is 9.62 Å². The highest BCUT2D eigenvalue weighted by atomic mass is 32.2. The first-order chi connectivity index (χ1) is 8.94. The van der Waals surface area contributed by atoms with Crippen LogP contribution in [0.5, 0.6) is 0 Å². The van der Waals surface area contributed by atoms with Crippen LogP contribution in [0.15, 0.2) is 0 Å². The van der Waals surface area contributed by atoms with Gasteiger partial charge in [0.05, 0.1) is 18.5 Å². The standard InChI is InChI=1S/C13H26N2O3S/c1-12(2)18-9-10-19(16,17)15-8-5-13(11-15)3-6-14-7-4-13/h12,14H,3-11H2,1-2H3. The van der Waals surface area contributed by atoms with E-state index in [1.165, 1.54) is 0 Å². The van der Waals surface area contributed by atoms with E-state index in [0.717, 1.165) is 32.4 Å². The Bertz CT molecular complexity index is 389. The lowest BCUT2D eigenvalue weighted by Crippen LogP contribution is -2.40. The predicted octanol–water partition coefficient (Wildman–Crippen LogP) is 0.817. The number of rotatable bonds is 5. The molecule has 2 heterocycles. The monoisotopic (exact) mass is 290 g/mol. The van der Waals surface area contributed by atoms with Crippen LogP contribution in [0.1, 0.15) is 33.1 Å². The summed E-state index contributed by atoms with van der Waals surface area (Å²) in [6, 6.07) is 0. The number of ether oxygens (including phenoxy) is 1. The lowest BCUT2D eigenvalue weighted by Gasteiger charge is -2.33. The van der Waals surface area contributed by atoms with Gasteiger partial charge >= 0.3 is 0 Å². The molecule has 2 saturated heterocycles. The summed E-state index contributed by atoms with van der Waals surface area (Å²) in [5.74, 6) is 0.111. The molecule has 6 heteroatoms. The maximum Gasteiger partial charge on any atom is 0.216 e. The van der Waals surface area contributed by atoms with Crippen molar-refractivity contribution in [3.63, 3.8) is 0 Å². The van der Waals surface area contributed by atoms with Crippen molar-refractivity contribution in [2.24, 2.45) is 5.41 Å². The van der Waals surface area contributed by atoms with Crippen LogP contribution < -0.4 is 5.32 Å². The van der Waals surface area contributed by atoms with Gasteiger partial charge in [0.15, 0.2) is 0 Å². The maximum absolute atomic E-state index is 12.3. The van der Waals surface area contributed by atoms with Gasteiger partial charge in [-0.1, -0.05) is 0 Å². The summed E-state index contributed by atoms with van der Waals surface area (Å²) in [4.78, 5) is 0. The van der Waals surface area contributed by atoms with Crippen LogP contribution in [0.25, 0.3) is 0 Å². The third kappa shape index (κ3) is 3.90. The Balaban J connectivity index is 1.88. The lowest BCUT2D eigenvalue weighted by atomic mass is 9.78. The largest absolute Gasteiger partial charge is 0.378 e. The molecule has 0 aromatic heterocycles. The highest BCUT2D eigenvalue weighted by molar-refractivity contribution is 7.89. The number of sulfonamides is 1. The smallest absolute Gasteiger partial charge is 0.216 e. The summed E-state index contributed by atoms with van der Waals surface area (Å²) in [5, 5.41) is 3.35. The molecule has 0 atom stereocenters. The Hall–Kier alpha value is -0.170. The zero-order valence-corrected chi connectivity index (χ0v) is 12.8. The summed E-state index contributed by atoms with van der Waals surface area (Å²) >= 11 is 0. The van der Waals surface area contributed by atoms with Crippen LogP contribution in [0, 0.1) is 5.41 Å². The number of nitrogens with one attached hydrogen (secondary N) is 1. The molecule has 1 N–H and O–H groups in total. The second kappa shape index (κ2) is 6.08. The molecule has 0 amide bonds. The summed E-state index contributed by atoms with van der Waals surface area (Å²) in [6.07, 6.45) is 3.30. The fraction of sp³-hybridized carbons (Fsp3) is 1.00. The van der Waals surface area contributed by atoms with Gasteiger partial charge < -0.3 is 10.1 Å². The van der Waals surface area contributed by atoms with E-state index >= 15 is 0 Å². The molecule has 0 aromatic carbocycles. The summed E-state index contributed by atoms with van der Waals surface area (Å²) < 4.78 is 31.6. The van der Waals surface area contributed by atoms with Crippen molar-refractivity contribution in [2.45, 2.75) is 39.2 Å². The summed E-state index contributed by atoms with van der Waals surface area (Å²) in [7, 11) is -3.14. The fourth-order valence-corrected chi connectivity index (χ4v) is 4.42. The third-order valence-electron chi connectivity index (χ3n) is 4.25. The van der Waals surface area contributed by atoms with Crippen molar-refractivity contribution in [3.8, 4) is 0 Å². The lowest BCUT2D eigenvalue weighted by molar-refractivity contribution is 0.0907. The first kappa shape index (κ1) is 15.2.